The molecule has 0 radical (unpaired) electrons. The maximum atomic E-state index is 13.5. The standard InChI is InChI=1S/C35H29BrN4O4S2/c1-22(32(41)40-35-39-31(21-45-35)24-14-16-26(36)17-15-24)46-29-13-7-11-27(20-29)37-34(43)30(19-23-8-6-12-28(18-23)44-2)38-33(42)25-9-4-3-5-10-25/h3-22H,1-2H3,(H,37,43)(H,38,42)(H,39,40,41)/b30-19-. The summed E-state index contributed by atoms with van der Waals surface area (Å²) in [6, 6.07) is 30.8. The molecule has 1 atom stereocenters. The van der Waals surface area contributed by atoms with Gasteiger partial charge in [0.2, 0.25) is 5.91 Å². The molecular weight excluding hydrogens is 684 g/mol. The van der Waals surface area contributed by atoms with Crippen molar-refractivity contribution >= 4 is 73.6 Å². The van der Waals surface area contributed by atoms with E-state index >= 15 is 0 Å². The number of hydrogen-bond acceptors (Lipinski definition) is 7. The number of carbonyl (C=O) groups excluding carboxylic acids is 3. The van der Waals surface area contributed by atoms with Crippen LogP contribution in [0.15, 0.2) is 124 Å². The van der Waals surface area contributed by atoms with E-state index in [1.54, 1.807) is 73.8 Å². The van der Waals surface area contributed by atoms with Gasteiger partial charge in [0.15, 0.2) is 5.13 Å². The van der Waals surface area contributed by atoms with Gasteiger partial charge in [-0.1, -0.05) is 64.5 Å². The number of nitrogens with one attached hydrogen (secondary N) is 3. The average molecular weight is 714 g/mol. The summed E-state index contributed by atoms with van der Waals surface area (Å²) in [7, 11) is 1.56. The maximum Gasteiger partial charge on any atom is 0.272 e. The van der Waals surface area contributed by atoms with Crippen LogP contribution in [0.4, 0.5) is 10.8 Å². The summed E-state index contributed by atoms with van der Waals surface area (Å²) in [6.07, 6.45) is 1.59. The Morgan fingerprint density at radius 1 is 0.913 bits per heavy atom. The van der Waals surface area contributed by atoms with Gasteiger partial charge in [-0.05, 0) is 73.2 Å². The van der Waals surface area contributed by atoms with Crippen LogP contribution in [0.1, 0.15) is 22.8 Å². The van der Waals surface area contributed by atoms with Gasteiger partial charge in [0.25, 0.3) is 11.8 Å². The second-order valence-corrected chi connectivity index (χ2v) is 13.1. The highest BCUT2D eigenvalue weighted by atomic mass is 79.9. The first kappa shape index (κ1) is 32.7. The molecule has 0 spiro atoms. The van der Waals surface area contributed by atoms with Crippen LogP contribution in [0, 0.1) is 0 Å². The number of anilines is 2. The first-order valence-electron chi connectivity index (χ1n) is 14.1. The van der Waals surface area contributed by atoms with Crippen LogP contribution in [0.25, 0.3) is 17.3 Å². The Hall–Kier alpha value is -4.71. The molecule has 1 heterocycles. The molecule has 4 aromatic carbocycles. The van der Waals surface area contributed by atoms with Crippen molar-refractivity contribution in [2.75, 3.05) is 17.7 Å². The fourth-order valence-corrected chi connectivity index (χ4v) is 6.15. The Morgan fingerprint density at radius 3 is 2.43 bits per heavy atom. The van der Waals surface area contributed by atoms with E-state index in [0.717, 1.165) is 20.6 Å². The molecule has 232 valence electrons. The summed E-state index contributed by atoms with van der Waals surface area (Å²) >= 11 is 6.15. The monoisotopic (exact) mass is 712 g/mol. The molecule has 11 heteroatoms. The third kappa shape index (κ3) is 8.94. The molecule has 8 nitrogen and oxygen atoms in total. The lowest BCUT2D eigenvalue weighted by molar-refractivity contribution is -0.115. The lowest BCUT2D eigenvalue weighted by Gasteiger charge is -2.14. The van der Waals surface area contributed by atoms with E-state index < -0.39 is 17.1 Å². The van der Waals surface area contributed by atoms with Gasteiger partial charge in [-0.3, -0.25) is 14.4 Å². The number of methoxy groups -OCH3 is 1. The zero-order chi connectivity index (χ0) is 32.5. The van der Waals surface area contributed by atoms with E-state index in [-0.39, 0.29) is 11.6 Å². The molecule has 0 saturated carbocycles. The predicted molar refractivity (Wildman–Crippen MR) is 189 cm³/mol. The molecular formula is C35H29BrN4O4S2. The summed E-state index contributed by atoms with van der Waals surface area (Å²) in [4.78, 5) is 44.8. The molecule has 0 aliphatic heterocycles. The van der Waals surface area contributed by atoms with Crippen molar-refractivity contribution in [3.63, 3.8) is 0 Å². The number of ether oxygens (including phenoxy) is 1. The summed E-state index contributed by atoms with van der Waals surface area (Å²) < 4.78 is 6.29. The molecule has 0 aliphatic carbocycles. The Bertz CT molecular complexity index is 1880. The molecule has 5 rings (SSSR count). The molecule has 1 unspecified atom stereocenters. The largest absolute Gasteiger partial charge is 0.497 e. The van der Waals surface area contributed by atoms with Gasteiger partial charge >= 0.3 is 0 Å². The third-order valence-electron chi connectivity index (χ3n) is 6.58. The molecule has 3 N–H and O–H groups in total. The van der Waals surface area contributed by atoms with Gasteiger partial charge in [0, 0.05) is 31.6 Å². The zero-order valence-corrected chi connectivity index (χ0v) is 28.0. The Kier molecular flexibility index (Phi) is 11.0. The topological polar surface area (TPSA) is 109 Å². The first-order valence-corrected chi connectivity index (χ1v) is 16.6. The molecule has 5 aromatic rings. The number of halogens is 1. The number of amides is 3. The van der Waals surface area contributed by atoms with Crippen LogP contribution in [-0.4, -0.2) is 35.1 Å². The van der Waals surface area contributed by atoms with Crippen LogP contribution in [0.5, 0.6) is 5.75 Å². The second-order valence-electron chi connectivity index (χ2n) is 9.93. The summed E-state index contributed by atoms with van der Waals surface area (Å²) in [5.41, 5.74) is 3.40. The number of thioether (sulfide) groups is 1. The van der Waals surface area contributed by atoms with E-state index in [2.05, 4.69) is 36.9 Å². The van der Waals surface area contributed by atoms with E-state index in [0.29, 0.717) is 27.7 Å². The molecule has 0 aliphatic rings. The molecule has 0 saturated heterocycles. The van der Waals surface area contributed by atoms with E-state index in [1.807, 2.05) is 54.8 Å². The van der Waals surface area contributed by atoms with Crippen molar-refractivity contribution in [3.05, 3.63) is 130 Å². The highest BCUT2D eigenvalue weighted by molar-refractivity contribution is 9.10. The Morgan fingerprint density at radius 2 is 1.67 bits per heavy atom. The predicted octanol–water partition coefficient (Wildman–Crippen LogP) is 8.11. The number of hydrogen-bond donors (Lipinski definition) is 3. The molecule has 3 amide bonds. The molecule has 0 fully saturated rings. The zero-order valence-electron chi connectivity index (χ0n) is 24.8. The second kappa shape index (κ2) is 15.5. The number of thiazole rings is 1. The van der Waals surface area contributed by atoms with Crippen LogP contribution in [-0.2, 0) is 9.59 Å². The fraction of sp³-hybridized carbons (Fsp3) is 0.0857. The van der Waals surface area contributed by atoms with Gasteiger partial charge in [-0.25, -0.2) is 4.98 Å². The van der Waals surface area contributed by atoms with Crippen LogP contribution >= 0.6 is 39.0 Å². The highest BCUT2D eigenvalue weighted by Crippen LogP contribution is 2.29. The lowest BCUT2D eigenvalue weighted by Crippen LogP contribution is -2.30. The van der Waals surface area contributed by atoms with Crippen molar-refractivity contribution in [2.45, 2.75) is 17.1 Å². The number of rotatable bonds is 11. The summed E-state index contributed by atoms with van der Waals surface area (Å²) in [6.45, 7) is 1.81. The average Bonchev–Trinajstić information content (AvgIpc) is 3.53. The fourth-order valence-electron chi connectivity index (χ4n) is 4.24. The van der Waals surface area contributed by atoms with Crippen LogP contribution in [0.2, 0.25) is 0 Å². The van der Waals surface area contributed by atoms with Crippen molar-refractivity contribution in [3.8, 4) is 17.0 Å². The van der Waals surface area contributed by atoms with Crippen molar-refractivity contribution in [2.24, 2.45) is 0 Å². The van der Waals surface area contributed by atoms with E-state index in [9.17, 15) is 14.4 Å². The summed E-state index contributed by atoms with van der Waals surface area (Å²) in [5, 5.41) is 10.5. The van der Waals surface area contributed by atoms with Gasteiger partial charge in [0.05, 0.1) is 18.1 Å². The van der Waals surface area contributed by atoms with Crippen molar-refractivity contribution in [1.29, 1.82) is 0 Å². The number of carbonyl (C=O) groups is 3. The SMILES string of the molecule is COc1cccc(/C=C(\NC(=O)c2ccccc2)C(=O)Nc2cccc(SC(C)C(=O)Nc3nc(-c4ccc(Br)cc4)cs3)c2)c1. The van der Waals surface area contributed by atoms with E-state index in [1.165, 1.54) is 23.1 Å². The number of benzene rings is 4. The molecule has 0 bridgehead atoms. The normalized spacial score (nSPS) is 11.8. The van der Waals surface area contributed by atoms with Gasteiger partial charge in [-0.15, -0.1) is 23.1 Å². The highest BCUT2D eigenvalue weighted by Gasteiger charge is 2.18. The summed E-state index contributed by atoms with van der Waals surface area (Å²) in [5.74, 6) is -0.502. The number of nitrogens with zero attached hydrogens (tertiary/aromatic N) is 1. The minimum absolute atomic E-state index is 0.0545. The Labute approximate surface area is 283 Å². The molecule has 46 heavy (non-hydrogen) atoms. The molecule has 1 aromatic heterocycles. The van der Waals surface area contributed by atoms with Crippen molar-refractivity contribution in [1.82, 2.24) is 10.3 Å². The maximum absolute atomic E-state index is 13.5. The van der Waals surface area contributed by atoms with Crippen LogP contribution in [0.3, 0.4) is 0 Å². The lowest BCUT2D eigenvalue weighted by atomic mass is 10.1. The van der Waals surface area contributed by atoms with Gasteiger partial charge < -0.3 is 20.7 Å². The van der Waals surface area contributed by atoms with E-state index in [4.69, 9.17) is 4.74 Å². The van der Waals surface area contributed by atoms with Crippen LogP contribution < -0.4 is 20.7 Å². The minimum atomic E-state index is -0.509. The first-order chi connectivity index (χ1) is 22.3. The third-order valence-corrected chi connectivity index (χ3v) is 8.96. The Balaban J connectivity index is 1.26. The van der Waals surface area contributed by atoms with Gasteiger partial charge in [-0.2, -0.15) is 0 Å². The van der Waals surface area contributed by atoms with Crippen molar-refractivity contribution < 1.29 is 19.1 Å². The quantitative estimate of drug-likeness (QED) is 0.0943. The minimum Gasteiger partial charge on any atom is -0.497 e. The number of aromatic nitrogens is 1. The smallest absolute Gasteiger partial charge is 0.272 e. The van der Waals surface area contributed by atoms with Gasteiger partial charge in [0.1, 0.15) is 11.4 Å².